The van der Waals surface area contributed by atoms with E-state index in [1.165, 1.54) is 0 Å². The summed E-state index contributed by atoms with van der Waals surface area (Å²) in [6.45, 7) is 10.4. The molecule has 0 spiro atoms. The third-order valence-electron chi connectivity index (χ3n) is 3.40. The first kappa shape index (κ1) is 16.6. The number of hydrogen-bond donors (Lipinski definition) is 2. The van der Waals surface area contributed by atoms with E-state index in [1.807, 2.05) is 12.1 Å². The number of aliphatic carboxylic acids is 1. The molecule has 5 heteroatoms. The lowest BCUT2D eigenvalue weighted by Crippen LogP contribution is -2.43. The second-order valence-corrected chi connectivity index (χ2v) is 11.4. The van der Waals surface area contributed by atoms with Gasteiger partial charge in [-0.1, -0.05) is 25.6 Å². The molecule has 0 aromatic heterocycles. The smallest absolute Gasteiger partial charge is 0.307 e. The number of benzene rings is 1. The maximum Gasteiger partial charge on any atom is 0.307 e. The summed E-state index contributed by atoms with van der Waals surface area (Å²) >= 11 is 0. The van der Waals surface area contributed by atoms with Crippen LogP contribution in [0.3, 0.4) is 0 Å². The molecule has 0 unspecified atom stereocenters. The van der Waals surface area contributed by atoms with Crippen LogP contribution in [0.1, 0.15) is 11.1 Å². The lowest BCUT2D eigenvalue weighted by atomic mass is 10.1. The standard InChI is InChI=1S/C17H24N2O2Si/c1-22(2,3)9-4-14-10-15(13-17(20)21)12-16(11-14)19-7-5-18-6-8-19/h10-12,18H,5-8,13H2,1-3H3,(H,20,21). The molecule has 1 aromatic rings. The lowest BCUT2D eigenvalue weighted by molar-refractivity contribution is -0.136. The third-order valence-corrected chi connectivity index (χ3v) is 4.27. The molecular formula is C17H24N2O2Si. The van der Waals surface area contributed by atoms with Gasteiger partial charge in [-0.05, 0) is 23.8 Å². The van der Waals surface area contributed by atoms with Gasteiger partial charge < -0.3 is 15.3 Å². The van der Waals surface area contributed by atoms with Gasteiger partial charge in [0.25, 0.3) is 0 Å². The van der Waals surface area contributed by atoms with Crippen molar-refractivity contribution in [1.82, 2.24) is 5.32 Å². The van der Waals surface area contributed by atoms with Crippen LogP contribution in [0.4, 0.5) is 5.69 Å². The van der Waals surface area contributed by atoms with Gasteiger partial charge in [-0.15, -0.1) is 5.54 Å². The van der Waals surface area contributed by atoms with Crippen LogP contribution >= 0.6 is 0 Å². The number of carboxylic acids is 1. The summed E-state index contributed by atoms with van der Waals surface area (Å²) in [5, 5.41) is 12.4. The molecule has 1 fully saturated rings. The van der Waals surface area contributed by atoms with E-state index in [0.29, 0.717) is 0 Å². The van der Waals surface area contributed by atoms with Crippen LogP contribution in [0, 0.1) is 11.5 Å². The van der Waals surface area contributed by atoms with E-state index < -0.39 is 14.0 Å². The average molecular weight is 316 g/mol. The van der Waals surface area contributed by atoms with Crippen LogP contribution in [0.15, 0.2) is 18.2 Å². The predicted molar refractivity (Wildman–Crippen MR) is 93.1 cm³/mol. The number of nitrogens with zero attached hydrogens (tertiary/aromatic N) is 1. The van der Waals surface area contributed by atoms with E-state index in [0.717, 1.165) is 43.0 Å². The highest BCUT2D eigenvalue weighted by atomic mass is 28.3. The largest absolute Gasteiger partial charge is 0.481 e. The van der Waals surface area contributed by atoms with Crippen molar-refractivity contribution >= 4 is 19.7 Å². The molecule has 0 aliphatic carbocycles. The molecule has 1 aliphatic rings. The third kappa shape index (κ3) is 5.21. The van der Waals surface area contributed by atoms with Crippen molar-refractivity contribution in [2.45, 2.75) is 26.1 Å². The molecule has 1 saturated heterocycles. The zero-order chi connectivity index (χ0) is 16.2. The first-order valence-electron chi connectivity index (χ1n) is 7.68. The highest BCUT2D eigenvalue weighted by molar-refractivity contribution is 6.83. The van der Waals surface area contributed by atoms with E-state index >= 15 is 0 Å². The van der Waals surface area contributed by atoms with Gasteiger partial charge >= 0.3 is 5.97 Å². The van der Waals surface area contributed by atoms with Crippen molar-refractivity contribution in [3.63, 3.8) is 0 Å². The normalized spacial score (nSPS) is 15.1. The minimum Gasteiger partial charge on any atom is -0.481 e. The summed E-state index contributed by atoms with van der Waals surface area (Å²) in [4.78, 5) is 13.3. The van der Waals surface area contributed by atoms with E-state index in [4.69, 9.17) is 5.11 Å². The number of hydrogen-bond acceptors (Lipinski definition) is 3. The predicted octanol–water partition coefficient (Wildman–Crippen LogP) is 1.95. The Labute approximate surface area is 133 Å². The fraction of sp³-hybridized carbons (Fsp3) is 0.471. The first-order valence-corrected chi connectivity index (χ1v) is 11.2. The van der Waals surface area contributed by atoms with Crippen LogP contribution in [0.5, 0.6) is 0 Å². The molecule has 2 rings (SSSR count). The molecule has 1 heterocycles. The van der Waals surface area contributed by atoms with Gasteiger partial charge in [-0.2, -0.15) is 0 Å². The number of carbonyl (C=O) groups is 1. The van der Waals surface area contributed by atoms with Gasteiger partial charge in [0.15, 0.2) is 0 Å². The molecule has 4 nitrogen and oxygen atoms in total. The van der Waals surface area contributed by atoms with Crippen LogP contribution < -0.4 is 10.2 Å². The molecule has 2 N–H and O–H groups in total. The zero-order valence-electron chi connectivity index (χ0n) is 13.6. The summed E-state index contributed by atoms with van der Waals surface area (Å²) in [6.07, 6.45) is 0.0432. The molecular weight excluding hydrogens is 292 g/mol. The first-order chi connectivity index (χ1) is 10.3. The number of rotatable bonds is 3. The number of carboxylic acid groups (broad SMARTS) is 1. The maximum absolute atomic E-state index is 11.0. The van der Waals surface area contributed by atoms with Crippen molar-refractivity contribution in [3.8, 4) is 11.5 Å². The molecule has 0 atom stereocenters. The second kappa shape index (κ2) is 6.99. The van der Waals surface area contributed by atoms with E-state index in [1.54, 1.807) is 0 Å². The molecule has 1 aromatic carbocycles. The monoisotopic (exact) mass is 316 g/mol. The van der Waals surface area contributed by atoms with Gasteiger partial charge in [0, 0.05) is 37.4 Å². The Morgan fingerprint density at radius 3 is 2.55 bits per heavy atom. The minimum atomic E-state index is -1.45. The van der Waals surface area contributed by atoms with Crippen molar-refractivity contribution in [2.24, 2.45) is 0 Å². The van der Waals surface area contributed by atoms with E-state index in [2.05, 4.69) is 47.4 Å². The number of piperazine rings is 1. The fourth-order valence-corrected chi connectivity index (χ4v) is 2.91. The van der Waals surface area contributed by atoms with Gasteiger partial charge in [-0.25, -0.2) is 0 Å². The quantitative estimate of drug-likeness (QED) is 0.661. The molecule has 0 saturated carbocycles. The summed E-state index contributed by atoms with van der Waals surface area (Å²) in [5.74, 6) is 2.45. The lowest BCUT2D eigenvalue weighted by Gasteiger charge is -2.30. The topological polar surface area (TPSA) is 52.6 Å². The summed E-state index contributed by atoms with van der Waals surface area (Å²) in [5.41, 5.74) is 6.19. The van der Waals surface area contributed by atoms with Gasteiger partial charge in [0.05, 0.1) is 6.42 Å². The molecule has 118 valence electrons. The van der Waals surface area contributed by atoms with Gasteiger partial charge in [-0.3, -0.25) is 4.79 Å². The maximum atomic E-state index is 11.0. The fourth-order valence-electron chi connectivity index (χ4n) is 2.39. The van der Waals surface area contributed by atoms with Crippen molar-refractivity contribution in [3.05, 3.63) is 29.3 Å². The Hall–Kier alpha value is -1.77. The van der Waals surface area contributed by atoms with Crippen LogP contribution in [-0.4, -0.2) is 45.3 Å². The Kier molecular flexibility index (Phi) is 5.27. The van der Waals surface area contributed by atoms with Crippen molar-refractivity contribution < 1.29 is 9.90 Å². The van der Waals surface area contributed by atoms with Crippen LogP contribution in [0.2, 0.25) is 19.6 Å². The van der Waals surface area contributed by atoms with E-state index in [-0.39, 0.29) is 6.42 Å². The SMILES string of the molecule is C[Si](C)(C)C#Cc1cc(CC(=O)O)cc(N2CCNCC2)c1. The highest BCUT2D eigenvalue weighted by Gasteiger charge is 2.13. The Balaban J connectivity index is 2.34. The molecule has 22 heavy (non-hydrogen) atoms. The van der Waals surface area contributed by atoms with Gasteiger partial charge in [0.1, 0.15) is 8.07 Å². The molecule has 0 radical (unpaired) electrons. The van der Waals surface area contributed by atoms with Gasteiger partial charge in [0.2, 0.25) is 0 Å². The molecule has 0 bridgehead atoms. The Morgan fingerprint density at radius 1 is 1.27 bits per heavy atom. The van der Waals surface area contributed by atoms with Crippen LogP contribution in [-0.2, 0) is 11.2 Å². The average Bonchev–Trinajstić information content (AvgIpc) is 2.44. The summed E-state index contributed by atoms with van der Waals surface area (Å²) in [6, 6.07) is 5.98. The number of nitrogens with one attached hydrogen (secondary N) is 1. The van der Waals surface area contributed by atoms with Crippen molar-refractivity contribution in [1.29, 1.82) is 0 Å². The van der Waals surface area contributed by atoms with Crippen LogP contribution in [0.25, 0.3) is 0 Å². The zero-order valence-corrected chi connectivity index (χ0v) is 14.6. The summed E-state index contributed by atoms with van der Waals surface area (Å²) in [7, 11) is -1.45. The number of anilines is 1. The molecule has 0 amide bonds. The summed E-state index contributed by atoms with van der Waals surface area (Å²) < 4.78 is 0. The Bertz CT molecular complexity index is 605. The Morgan fingerprint density at radius 2 is 1.95 bits per heavy atom. The van der Waals surface area contributed by atoms with E-state index in [9.17, 15) is 4.79 Å². The minimum absolute atomic E-state index is 0.0432. The second-order valence-electron chi connectivity index (χ2n) is 6.70. The highest BCUT2D eigenvalue weighted by Crippen LogP contribution is 2.20. The van der Waals surface area contributed by atoms with Crippen molar-refractivity contribution in [2.75, 3.05) is 31.1 Å². The molecule has 1 aliphatic heterocycles.